The number of para-hydroxylation sites is 1. The number of alkyl halides is 3. The second-order valence-electron chi connectivity index (χ2n) is 6.37. The van der Waals surface area contributed by atoms with Gasteiger partial charge in [-0.05, 0) is 50.2 Å². The van der Waals surface area contributed by atoms with E-state index in [1.165, 1.54) is 18.2 Å². The Kier molecular flexibility index (Phi) is 5.86. The van der Waals surface area contributed by atoms with Crippen LogP contribution in [-0.4, -0.2) is 16.1 Å². The highest BCUT2D eigenvalue weighted by Gasteiger charge is 2.35. The molecule has 152 valence electrons. The van der Waals surface area contributed by atoms with E-state index < -0.39 is 23.4 Å². The van der Waals surface area contributed by atoms with E-state index in [0.29, 0.717) is 17.6 Å². The molecule has 1 aromatic heterocycles. The molecule has 29 heavy (non-hydrogen) atoms. The van der Waals surface area contributed by atoms with Gasteiger partial charge in [0.15, 0.2) is 0 Å². The molecule has 0 atom stereocenters. The average Bonchev–Trinajstić information content (AvgIpc) is 2.64. The van der Waals surface area contributed by atoms with E-state index in [-0.39, 0.29) is 17.7 Å². The van der Waals surface area contributed by atoms with Crippen LogP contribution in [0.5, 0.6) is 5.75 Å². The Morgan fingerprint density at radius 2 is 1.66 bits per heavy atom. The van der Waals surface area contributed by atoms with Crippen molar-refractivity contribution in [3.8, 4) is 5.75 Å². The summed E-state index contributed by atoms with van der Waals surface area (Å²) in [5.41, 5.74) is -0.678. The maximum absolute atomic E-state index is 13.9. The van der Waals surface area contributed by atoms with Crippen molar-refractivity contribution < 1.29 is 22.3 Å². The molecule has 1 heterocycles. The summed E-state index contributed by atoms with van der Waals surface area (Å²) in [7, 11) is 0. The minimum Gasteiger partial charge on any atom is -0.491 e. The van der Waals surface area contributed by atoms with Gasteiger partial charge in [0.2, 0.25) is 5.95 Å². The van der Waals surface area contributed by atoms with Crippen molar-refractivity contribution in [3.63, 3.8) is 0 Å². The fourth-order valence-electron chi connectivity index (χ4n) is 2.45. The van der Waals surface area contributed by atoms with Crippen LogP contribution in [0.1, 0.15) is 19.4 Å². The molecule has 3 rings (SSSR count). The summed E-state index contributed by atoms with van der Waals surface area (Å²) >= 11 is 0. The van der Waals surface area contributed by atoms with Gasteiger partial charge in [0.05, 0.1) is 11.8 Å². The number of hydrogen-bond donors (Lipinski definition) is 2. The van der Waals surface area contributed by atoms with Gasteiger partial charge < -0.3 is 15.4 Å². The average molecular weight is 406 g/mol. The largest absolute Gasteiger partial charge is 0.491 e. The van der Waals surface area contributed by atoms with Gasteiger partial charge in [0, 0.05) is 11.9 Å². The second kappa shape index (κ2) is 8.34. The Balaban J connectivity index is 1.87. The summed E-state index contributed by atoms with van der Waals surface area (Å²) in [6, 6.07) is 12.2. The molecule has 5 nitrogen and oxygen atoms in total. The molecule has 0 fully saturated rings. The van der Waals surface area contributed by atoms with E-state index in [2.05, 4.69) is 20.6 Å². The Morgan fingerprint density at radius 1 is 0.966 bits per heavy atom. The summed E-state index contributed by atoms with van der Waals surface area (Å²) < 4.78 is 59.3. The fourth-order valence-corrected chi connectivity index (χ4v) is 2.45. The fraction of sp³-hybridized carbons (Fsp3) is 0.200. The number of halogens is 4. The van der Waals surface area contributed by atoms with Crippen molar-refractivity contribution in [2.75, 3.05) is 10.6 Å². The topological polar surface area (TPSA) is 59.1 Å². The normalized spacial score (nSPS) is 11.4. The first-order chi connectivity index (χ1) is 13.7. The van der Waals surface area contributed by atoms with Crippen molar-refractivity contribution in [1.29, 1.82) is 0 Å². The van der Waals surface area contributed by atoms with Gasteiger partial charge in [0.1, 0.15) is 22.9 Å². The molecule has 0 saturated carbocycles. The number of anilines is 4. The zero-order chi connectivity index (χ0) is 21.0. The van der Waals surface area contributed by atoms with Gasteiger partial charge in [-0.1, -0.05) is 12.1 Å². The van der Waals surface area contributed by atoms with Gasteiger partial charge >= 0.3 is 6.18 Å². The maximum Gasteiger partial charge on any atom is 0.421 e. The van der Waals surface area contributed by atoms with E-state index in [4.69, 9.17) is 4.74 Å². The van der Waals surface area contributed by atoms with E-state index in [9.17, 15) is 17.6 Å². The van der Waals surface area contributed by atoms with E-state index in [1.54, 1.807) is 24.3 Å². The van der Waals surface area contributed by atoms with Crippen LogP contribution in [0.25, 0.3) is 0 Å². The molecule has 3 aromatic rings. The van der Waals surface area contributed by atoms with E-state index in [1.807, 2.05) is 13.8 Å². The summed E-state index contributed by atoms with van der Waals surface area (Å²) in [4.78, 5) is 7.62. The van der Waals surface area contributed by atoms with Crippen LogP contribution in [0.2, 0.25) is 0 Å². The molecular formula is C20H18F4N4O. The Bertz CT molecular complexity index is 975. The molecular weight excluding hydrogens is 388 g/mol. The molecule has 0 bridgehead atoms. The number of nitrogens with zero attached hydrogens (tertiary/aromatic N) is 2. The molecule has 0 radical (unpaired) electrons. The lowest BCUT2D eigenvalue weighted by atomic mass is 10.2. The number of nitrogens with one attached hydrogen (secondary N) is 2. The summed E-state index contributed by atoms with van der Waals surface area (Å²) in [5, 5.41) is 5.22. The van der Waals surface area contributed by atoms with Crippen LogP contribution >= 0.6 is 0 Å². The quantitative estimate of drug-likeness (QED) is 0.499. The molecule has 0 aliphatic heterocycles. The molecule has 0 aliphatic carbocycles. The molecule has 2 aromatic carbocycles. The summed E-state index contributed by atoms with van der Waals surface area (Å²) in [6.45, 7) is 3.79. The van der Waals surface area contributed by atoms with Gasteiger partial charge in [-0.2, -0.15) is 18.2 Å². The molecule has 2 N–H and O–H groups in total. The van der Waals surface area contributed by atoms with E-state index in [0.717, 1.165) is 6.07 Å². The van der Waals surface area contributed by atoms with E-state index >= 15 is 0 Å². The van der Waals surface area contributed by atoms with Gasteiger partial charge in [-0.25, -0.2) is 9.37 Å². The third-order valence-electron chi connectivity index (χ3n) is 3.70. The van der Waals surface area contributed by atoms with Crippen molar-refractivity contribution in [1.82, 2.24) is 9.97 Å². The lowest BCUT2D eigenvalue weighted by molar-refractivity contribution is -0.137. The predicted molar refractivity (Wildman–Crippen MR) is 102 cm³/mol. The highest BCUT2D eigenvalue weighted by Crippen LogP contribution is 2.35. The molecule has 0 aliphatic rings. The third kappa shape index (κ3) is 5.34. The SMILES string of the molecule is CC(C)Oc1ccc(Nc2ncc(C(F)(F)F)c(Nc3ccccc3F)n2)cc1. The predicted octanol–water partition coefficient (Wildman–Crippen LogP) is 5.91. The number of ether oxygens (including phenoxy) is 1. The number of benzene rings is 2. The zero-order valence-corrected chi connectivity index (χ0v) is 15.6. The zero-order valence-electron chi connectivity index (χ0n) is 15.6. The standard InChI is InChI=1S/C20H18F4N4O/c1-12(2)29-14-9-7-13(8-10-14)26-19-25-11-15(20(22,23)24)18(28-19)27-17-6-4-3-5-16(17)21/h3-12H,1-2H3,(H2,25,26,27,28). The first kappa shape index (κ1) is 20.4. The summed E-state index contributed by atoms with van der Waals surface area (Å²) in [5.74, 6) is -0.676. The monoisotopic (exact) mass is 406 g/mol. The van der Waals surface area contributed by atoms with Crippen molar-refractivity contribution >= 4 is 23.1 Å². The number of aromatic nitrogens is 2. The Labute approximate surface area is 164 Å². The number of rotatable bonds is 6. The smallest absolute Gasteiger partial charge is 0.421 e. The Morgan fingerprint density at radius 3 is 2.28 bits per heavy atom. The third-order valence-corrected chi connectivity index (χ3v) is 3.70. The minimum absolute atomic E-state index is 0.0130. The Hall–Kier alpha value is -3.36. The van der Waals surface area contributed by atoms with Crippen LogP contribution in [-0.2, 0) is 6.18 Å². The molecule has 0 unspecified atom stereocenters. The van der Waals surface area contributed by atoms with Crippen LogP contribution in [0.3, 0.4) is 0 Å². The van der Waals surface area contributed by atoms with Gasteiger partial charge in [-0.3, -0.25) is 0 Å². The van der Waals surface area contributed by atoms with Gasteiger partial charge in [0.25, 0.3) is 0 Å². The van der Waals surface area contributed by atoms with Crippen molar-refractivity contribution in [2.45, 2.75) is 26.1 Å². The van der Waals surface area contributed by atoms with Gasteiger partial charge in [-0.15, -0.1) is 0 Å². The first-order valence-electron chi connectivity index (χ1n) is 8.72. The highest BCUT2D eigenvalue weighted by molar-refractivity contribution is 5.63. The van der Waals surface area contributed by atoms with Crippen LogP contribution in [0.4, 0.5) is 40.7 Å². The molecule has 9 heteroatoms. The second-order valence-corrected chi connectivity index (χ2v) is 6.37. The summed E-state index contributed by atoms with van der Waals surface area (Å²) in [6.07, 6.45) is -4.05. The molecule has 0 saturated heterocycles. The highest BCUT2D eigenvalue weighted by atomic mass is 19.4. The van der Waals surface area contributed by atoms with Crippen molar-refractivity contribution in [2.24, 2.45) is 0 Å². The molecule has 0 amide bonds. The van der Waals surface area contributed by atoms with Crippen molar-refractivity contribution in [3.05, 3.63) is 66.1 Å². The van der Waals surface area contributed by atoms with Crippen LogP contribution < -0.4 is 15.4 Å². The maximum atomic E-state index is 13.9. The first-order valence-corrected chi connectivity index (χ1v) is 8.72. The molecule has 0 spiro atoms. The lowest BCUT2D eigenvalue weighted by Crippen LogP contribution is -2.13. The van der Waals surface area contributed by atoms with Crippen LogP contribution in [0.15, 0.2) is 54.7 Å². The minimum atomic E-state index is -4.71. The number of hydrogen-bond acceptors (Lipinski definition) is 5. The van der Waals surface area contributed by atoms with Crippen LogP contribution in [0, 0.1) is 5.82 Å². The lowest BCUT2D eigenvalue weighted by Gasteiger charge is -2.15.